The topological polar surface area (TPSA) is 67.8 Å². The van der Waals surface area contributed by atoms with Gasteiger partial charge in [0.15, 0.2) is 0 Å². The molecule has 1 amide bonds. The van der Waals surface area contributed by atoms with Gasteiger partial charge in [-0.25, -0.2) is 14.4 Å². The highest BCUT2D eigenvalue weighted by Crippen LogP contribution is 2.30. The summed E-state index contributed by atoms with van der Waals surface area (Å²) in [5, 5.41) is 0. The first-order valence-corrected chi connectivity index (χ1v) is 11.5. The molecular formula is C26H27FN4O3. The van der Waals surface area contributed by atoms with Gasteiger partial charge in [0.2, 0.25) is 0 Å². The zero-order valence-corrected chi connectivity index (χ0v) is 19.2. The summed E-state index contributed by atoms with van der Waals surface area (Å²) in [6.45, 7) is 3.69. The zero-order valence-electron chi connectivity index (χ0n) is 19.2. The number of anilines is 1. The van der Waals surface area contributed by atoms with Crippen LogP contribution in [-0.2, 0) is 24.1 Å². The Balaban J connectivity index is 1.48. The largest absolute Gasteiger partial charge is 0.496 e. The minimum Gasteiger partial charge on any atom is -0.496 e. The molecule has 8 heteroatoms. The maximum absolute atomic E-state index is 13.7. The molecule has 0 saturated carbocycles. The van der Waals surface area contributed by atoms with E-state index in [1.807, 2.05) is 23.1 Å². The van der Waals surface area contributed by atoms with E-state index in [0.717, 1.165) is 35.7 Å². The van der Waals surface area contributed by atoms with E-state index in [0.29, 0.717) is 56.3 Å². The summed E-state index contributed by atoms with van der Waals surface area (Å²) >= 11 is 0. The lowest BCUT2D eigenvalue weighted by Gasteiger charge is -2.34. The molecule has 3 aromatic rings. The van der Waals surface area contributed by atoms with E-state index in [1.54, 1.807) is 25.3 Å². The van der Waals surface area contributed by atoms with Gasteiger partial charge in [0.1, 0.15) is 23.2 Å². The van der Waals surface area contributed by atoms with Gasteiger partial charge in [-0.3, -0.25) is 4.79 Å². The molecule has 0 N–H and O–H groups in total. The highest BCUT2D eigenvalue weighted by molar-refractivity contribution is 5.97. The van der Waals surface area contributed by atoms with Gasteiger partial charge in [0.25, 0.3) is 5.91 Å². The van der Waals surface area contributed by atoms with Crippen LogP contribution in [-0.4, -0.2) is 60.7 Å². The van der Waals surface area contributed by atoms with Crippen LogP contribution in [0.4, 0.5) is 10.2 Å². The van der Waals surface area contributed by atoms with E-state index in [9.17, 15) is 9.18 Å². The molecule has 0 unspecified atom stereocenters. The molecule has 0 aliphatic carbocycles. The second-order valence-electron chi connectivity index (χ2n) is 8.47. The van der Waals surface area contributed by atoms with Gasteiger partial charge < -0.3 is 19.3 Å². The van der Waals surface area contributed by atoms with Crippen LogP contribution in [0.1, 0.15) is 33.0 Å². The van der Waals surface area contributed by atoms with Crippen molar-refractivity contribution in [1.82, 2.24) is 14.9 Å². The molecule has 7 nitrogen and oxygen atoms in total. The first kappa shape index (κ1) is 22.3. The van der Waals surface area contributed by atoms with Crippen molar-refractivity contribution in [3.05, 3.63) is 82.6 Å². The minimum atomic E-state index is -0.269. The Morgan fingerprint density at radius 1 is 1.09 bits per heavy atom. The summed E-state index contributed by atoms with van der Waals surface area (Å²) in [6, 6.07) is 13.8. The van der Waals surface area contributed by atoms with Gasteiger partial charge in [-0.05, 0) is 29.8 Å². The van der Waals surface area contributed by atoms with Crippen molar-refractivity contribution in [3.63, 3.8) is 0 Å². The predicted molar refractivity (Wildman–Crippen MR) is 126 cm³/mol. The smallest absolute Gasteiger partial charge is 0.257 e. The molecular weight excluding hydrogens is 435 g/mol. The number of carbonyl (C=O) groups is 1. The van der Waals surface area contributed by atoms with Gasteiger partial charge in [-0.15, -0.1) is 0 Å². The summed E-state index contributed by atoms with van der Waals surface area (Å²) in [5.41, 5.74) is 3.30. The summed E-state index contributed by atoms with van der Waals surface area (Å²) in [5.74, 6) is 1.73. The minimum absolute atomic E-state index is 0.0696. The van der Waals surface area contributed by atoms with E-state index in [2.05, 4.69) is 4.90 Å². The SMILES string of the molecule is COc1ccccc1C(=O)N1CCc2nc(Cc3cccc(F)c3)nc(N3CCOCC3)c2C1. The van der Waals surface area contributed by atoms with Crippen LogP contribution in [0.15, 0.2) is 48.5 Å². The molecule has 176 valence electrons. The number of benzene rings is 2. The second-order valence-corrected chi connectivity index (χ2v) is 8.47. The number of carbonyl (C=O) groups excluding carboxylic acids is 1. The number of amides is 1. The molecule has 0 spiro atoms. The molecule has 3 heterocycles. The fraction of sp³-hybridized carbons (Fsp3) is 0.346. The van der Waals surface area contributed by atoms with Gasteiger partial charge in [-0.2, -0.15) is 0 Å². The van der Waals surface area contributed by atoms with Crippen molar-refractivity contribution < 1.29 is 18.7 Å². The van der Waals surface area contributed by atoms with Crippen molar-refractivity contribution >= 4 is 11.7 Å². The first-order chi connectivity index (χ1) is 16.6. The molecule has 5 rings (SSSR count). The Hall–Kier alpha value is -3.52. The molecule has 2 aliphatic rings. The second kappa shape index (κ2) is 9.77. The third-order valence-electron chi connectivity index (χ3n) is 6.27. The molecule has 0 bridgehead atoms. The number of rotatable bonds is 5. The van der Waals surface area contributed by atoms with Gasteiger partial charge in [0, 0.05) is 38.0 Å². The van der Waals surface area contributed by atoms with Crippen LogP contribution in [0.2, 0.25) is 0 Å². The van der Waals surface area contributed by atoms with Crippen molar-refractivity contribution in [2.45, 2.75) is 19.4 Å². The number of fused-ring (bicyclic) bond motifs is 1. The number of para-hydroxylation sites is 1. The predicted octanol–water partition coefficient (Wildman–Crippen LogP) is 3.25. The highest BCUT2D eigenvalue weighted by atomic mass is 19.1. The average molecular weight is 463 g/mol. The van der Waals surface area contributed by atoms with Crippen molar-refractivity contribution in [2.24, 2.45) is 0 Å². The van der Waals surface area contributed by atoms with Crippen LogP contribution in [0.25, 0.3) is 0 Å². The molecule has 1 aromatic heterocycles. The van der Waals surface area contributed by atoms with E-state index in [4.69, 9.17) is 19.4 Å². The Kier molecular flexibility index (Phi) is 6.40. The number of ether oxygens (including phenoxy) is 2. The number of aromatic nitrogens is 2. The summed E-state index contributed by atoms with van der Waals surface area (Å²) in [6.07, 6.45) is 1.08. The first-order valence-electron chi connectivity index (χ1n) is 11.5. The zero-order chi connectivity index (χ0) is 23.5. The standard InChI is InChI=1S/C26H27FN4O3/c1-33-23-8-3-2-7-20(23)26(32)31-10-9-22-21(17-31)25(30-11-13-34-14-12-30)29-24(28-22)16-18-5-4-6-19(27)15-18/h2-8,15H,9-14,16-17H2,1H3. The summed E-state index contributed by atoms with van der Waals surface area (Å²) < 4.78 is 24.7. The molecule has 0 atom stereocenters. The number of nitrogens with zero attached hydrogens (tertiary/aromatic N) is 4. The van der Waals surface area contributed by atoms with Crippen LogP contribution in [0, 0.1) is 5.82 Å². The number of methoxy groups -OCH3 is 1. The van der Waals surface area contributed by atoms with Crippen molar-refractivity contribution in [2.75, 3.05) is 44.9 Å². The monoisotopic (exact) mass is 462 g/mol. The van der Waals surface area contributed by atoms with Gasteiger partial charge in [-0.1, -0.05) is 24.3 Å². The van der Waals surface area contributed by atoms with E-state index < -0.39 is 0 Å². The Labute approximate surface area is 198 Å². The summed E-state index contributed by atoms with van der Waals surface area (Å²) in [7, 11) is 1.57. The van der Waals surface area contributed by atoms with Gasteiger partial charge >= 0.3 is 0 Å². The third-order valence-corrected chi connectivity index (χ3v) is 6.27. The third kappa shape index (κ3) is 4.59. The highest BCUT2D eigenvalue weighted by Gasteiger charge is 2.29. The molecule has 2 aromatic carbocycles. The number of hydrogen-bond donors (Lipinski definition) is 0. The average Bonchev–Trinajstić information content (AvgIpc) is 2.88. The quantitative estimate of drug-likeness (QED) is 0.580. The molecule has 0 radical (unpaired) electrons. The van der Waals surface area contributed by atoms with Crippen molar-refractivity contribution in [3.8, 4) is 5.75 Å². The van der Waals surface area contributed by atoms with Crippen LogP contribution >= 0.6 is 0 Å². The molecule has 34 heavy (non-hydrogen) atoms. The number of morpholine rings is 1. The van der Waals surface area contributed by atoms with E-state index in [1.165, 1.54) is 12.1 Å². The van der Waals surface area contributed by atoms with Crippen LogP contribution < -0.4 is 9.64 Å². The van der Waals surface area contributed by atoms with E-state index >= 15 is 0 Å². The lowest BCUT2D eigenvalue weighted by Crippen LogP contribution is -2.41. The summed E-state index contributed by atoms with van der Waals surface area (Å²) in [4.78, 5) is 27.1. The Bertz CT molecular complexity index is 1200. The maximum Gasteiger partial charge on any atom is 0.257 e. The van der Waals surface area contributed by atoms with Crippen molar-refractivity contribution in [1.29, 1.82) is 0 Å². The number of hydrogen-bond acceptors (Lipinski definition) is 6. The molecule has 1 fully saturated rings. The maximum atomic E-state index is 13.7. The fourth-order valence-corrected chi connectivity index (χ4v) is 4.56. The van der Waals surface area contributed by atoms with Gasteiger partial charge in [0.05, 0.1) is 38.1 Å². The fourth-order valence-electron chi connectivity index (χ4n) is 4.56. The molecule has 1 saturated heterocycles. The lowest BCUT2D eigenvalue weighted by molar-refractivity contribution is 0.0729. The van der Waals surface area contributed by atoms with Crippen LogP contribution in [0.3, 0.4) is 0 Å². The lowest BCUT2D eigenvalue weighted by atomic mass is 10.0. The number of halogens is 1. The Morgan fingerprint density at radius 2 is 1.91 bits per heavy atom. The van der Waals surface area contributed by atoms with Crippen LogP contribution in [0.5, 0.6) is 5.75 Å². The van der Waals surface area contributed by atoms with E-state index in [-0.39, 0.29) is 11.7 Å². The Morgan fingerprint density at radius 3 is 2.71 bits per heavy atom. The normalized spacial score (nSPS) is 15.7. The molecule has 2 aliphatic heterocycles.